The molecule has 3 aromatic rings. The van der Waals surface area contributed by atoms with E-state index < -0.39 is 0 Å². The van der Waals surface area contributed by atoms with Crippen molar-refractivity contribution < 1.29 is 14.1 Å². The number of nitrogens with one attached hydrogen (secondary N) is 2. The molecule has 8 heteroatoms. The van der Waals surface area contributed by atoms with E-state index >= 15 is 0 Å². The Hall–Kier alpha value is -3.39. The molecule has 2 heterocycles. The second-order valence-electron chi connectivity index (χ2n) is 7.85. The van der Waals surface area contributed by atoms with Crippen LogP contribution in [0, 0.1) is 12.7 Å². The van der Waals surface area contributed by atoms with E-state index in [1.54, 1.807) is 28.5 Å². The van der Waals surface area contributed by atoms with Crippen LogP contribution in [0.3, 0.4) is 0 Å². The highest BCUT2D eigenvalue weighted by Gasteiger charge is 2.25. The molecular weight excluding hydrogens is 397 g/mol. The molecule has 1 saturated heterocycles. The number of halogens is 1. The molecule has 7 nitrogen and oxygen atoms in total. The predicted octanol–water partition coefficient (Wildman–Crippen LogP) is 0.967. The summed E-state index contributed by atoms with van der Waals surface area (Å²) in [5, 5.41) is 2.82. The van der Waals surface area contributed by atoms with E-state index in [1.165, 1.54) is 6.07 Å². The first kappa shape index (κ1) is 20.9. The van der Waals surface area contributed by atoms with E-state index in [0.717, 1.165) is 23.7 Å². The molecule has 0 atom stereocenters. The number of amides is 1. The lowest BCUT2D eigenvalue weighted by Gasteiger charge is -2.33. The molecule has 4 rings (SSSR count). The van der Waals surface area contributed by atoms with Crippen LogP contribution in [0.2, 0.25) is 0 Å². The molecule has 0 unspecified atom stereocenters. The molecule has 0 bridgehead atoms. The largest absolute Gasteiger partial charge is 0.358 e. The molecule has 1 aliphatic rings. The average Bonchev–Trinajstić information content (AvgIpc) is 2.98. The number of benzene rings is 2. The van der Waals surface area contributed by atoms with Gasteiger partial charge in [0, 0.05) is 7.05 Å². The molecule has 1 aliphatic heterocycles. The van der Waals surface area contributed by atoms with Crippen molar-refractivity contribution in [2.75, 3.05) is 42.9 Å². The van der Waals surface area contributed by atoms with Crippen molar-refractivity contribution in [1.29, 1.82) is 0 Å². The molecule has 1 aromatic heterocycles. The minimum atomic E-state index is -0.251. The topological polar surface area (TPSA) is 63.7 Å². The van der Waals surface area contributed by atoms with E-state index in [1.807, 2.05) is 48.2 Å². The van der Waals surface area contributed by atoms with Gasteiger partial charge < -0.3 is 15.1 Å². The molecule has 2 N–H and O–H groups in total. The van der Waals surface area contributed by atoms with Gasteiger partial charge in [-0.15, -0.1) is 0 Å². The van der Waals surface area contributed by atoms with E-state index in [9.17, 15) is 14.0 Å². The van der Waals surface area contributed by atoms with Crippen molar-refractivity contribution in [3.05, 3.63) is 76.5 Å². The molecule has 1 amide bonds. The first-order valence-electron chi connectivity index (χ1n) is 10.4. The van der Waals surface area contributed by atoms with Crippen LogP contribution in [0.25, 0.3) is 5.69 Å². The van der Waals surface area contributed by atoms with Crippen LogP contribution >= 0.6 is 0 Å². The van der Waals surface area contributed by atoms with Gasteiger partial charge in [0.25, 0.3) is 11.5 Å². The number of hydrogen-bond acceptors (Lipinski definition) is 3. The van der Waals surface area contributed by atoms with Gasteiger partial charge in [0.05, 0.1) is 43.2 Å². The molecule has 1 fully saturated rings. The van der Waals surface area contributed by atoms with Gasteiger partial charge in [-0.05, 0) is 31.2 Å². The van der Waals surface area contributed by atoms with E-state index in [0.29, 0.717) is 30.2 Å². The minimum absolute atomic E-state index is 0.194. The zero-order chi connectivity index (χ0) is 22.0. The van der Waals surface area contributed by atoms with Crippen LogP contribution < -0.4 is 20.7 Å². The van der Waals surface area contributed by atoms with Gasteiger partial charge in [-0.3, -0.25) is 14.3 Å². The number of para-hydroxylation sites is 2. The van der Waals surface area contributed by atoms with Crippen molar-refractivity contribution in [2.45, 2.75) is 6.92 Å². The number of anilines is 2. The lowest BCUT2D eigenvalue weighted by molar-refractivity contribution is -0.892. The Morgan fingerprint density at radius 3 is 2.39 bits per heavy atom. The number of carbonyl (C=O) groups excluding carboxylic acids is 1. The Bertz CT molecular complexity index is 1130. The maximum absolute atomic E-state index is 14.0. The maximum Gasteiger partial charge on any atom is 0.295 e. The lowest BCUT2D eigenvalue weighted by atomic mass is 10.2. The van der Waals surface area contributed by atoms with Crippen molar-refractivity contribution in [2.24, 2.45) is 7.05 Å². The van der Waals surface area contributed by atoms with Gasteiger partial charge in [-0.1, -0.05) is 30.3 Å². The Morgan fingerprint density at radius 2 is 1.71 bits per heavy atom. The zero-order valence-electron chi connectivity index (χ0n) is 17.8. The van der Waals surface area contributed by atoms with Crippen molar-refractivity contribution in [1.82, 2.24) is 9.36 Å². The third-order valence-corrected chi connectivity index (χ3v) is 5.89. The van der Waals surface area contributed by atoms with Gasteiger partial charge in [0.2, 0.25) is 0 Å². The second kappa shape index (κ2) is 8.77. The van der Waals surface area contributed by atoms with E-state index in [4.69, 9.17) is 0 Å². The second-order valence-corrected chi connectivity index (χ2v) is 7.85. The van der Waals surface area contributed by atoms with Gasteiger partial charge in [0.1, 0.15) is 11.5 Å². The SMILES string of the molecule is Cc1c(NC(=O)C[NH+]2CCN(c3ccccc3F)CC2)c(=O)n(-c2ccccc2)n1C. The summed E-state index contributed by atoms with van der Waals surface area (Å²) in [7, 11) is 1.80. The summed E-state index contributed by atoms with van der Waals surface area (Å²) >= 11 is 0. The van der Waals surface area contributed by atoms with Crippen LogP contribution in [-0.2, 0) is 11.8 Å². The average molecular weight is 425 g/mol. The molecule has 0 spiro atoms. The van der Waals surface area contributed by atoms with Gasteiger partial charge >= 0.3 is 0 Å². The third kappa shape index (κ3) is 4.25. The van der Waals surface area contributed by atoms with Gasteiger partial charge in [-0.2, -0.15) is 0 Å². The number of rotatable bonds is 5. The third-order valence-electron chi connectivity index (χ3n) is 5.89. The van der Waals surface area contributed by atoms with Crippen molar-refractivity contribution >= 4 is 17.3 Å². The van der Waals surface area contributed by atoms with Crippen molar-refractivity contribution in [3.8, 4) is 5.69 Å². The summed E-state index contributed by atoms with van der Waals surface area (Å²) in [4.78, 5) is 28.8. The number of piperazine rings is 1. The Morgan fingerprint density at radius 1 is 1.06 bits per heavy atom. The molecule has 0 radical (unpaired) electrons. The van der Waals surface area contributed by atoms with E-state index in [-0.39, 0.29) is 23.8 Å². The van der Waals surface area contributed by atoms with Crippen LogP contribution in [0.15, 0.2) is 59.4 Å². The maximum atomic E-state index is 14.0. The summed E-state index contributed by atoms with van der Waals surface area (Å²) in [5.41, 5.74) is 2.10. The molecule has 31 heavy (non-hydrogen) atoms. The Balaban J connectivity index is 1.40. The normalized spacial score (nSPS) is 14.6. The predicted molar refractivity (Wildman–Crippen MR) is 119 cm³/mol. The molecule has 0 saturated carbocycles. The quantitative estimate of drug-likeness (QED) is 0.642. The fourth-order valence-electron chi connectivity index (χ4n) is 4.07. The van der Waals surface area contributed by atoms with Crippen LogP contribution in [0.4, 0.5) is 15.8 Å². The standard InChI is InChI=1S/C23H26FN5O2/c1-17-22(23(31)29(26(17)2)18-8-4-3-5-9-18)25-21(30)16-27-12-14-28(15-13-27)20-11-7-6-10-19(20)24/h3-11H,12-16H2,1-2H3,(H,25,30)/p+1. The lowest BCUT2D eigenvalue weighted by Crippen LogP contribution is -3.15. The zero-order valence-corrected chi connectivity index (χ0v) is 17.8. The number of aromatic nitrogens is 2. The smallest absolute Gasteiger partial charge is 0.295 e. The van der Waals surface area contributed by atoms with Crippen LogP contribution in [0.1, 0.15) is 5.69 Å². The van der Waals surface area contributed by atoms with Gasteiger partial charge in [0.15, 0.2) is 6.54 Å². The summed E-state index contributed by atoms with van der Waals surface area (Å²) < 4.78 is 17.3. The highest BCUT2D eigenvalue weighted by atomic mass is 19.1. The fourth-order valence-corrected chi connectivity index (χ4v) is 4.07. The first-order valence-corrected chi connectivity index (χ1v) is 10.4. The summed E-state index contributed by atoms with van der Waals surface area (Å²) in [6.07, 6.45) is 0. The Kier molecular flexibility index (Phi) is 5.90. The van der Waals surface area contributed by atoms with Crippen LogP contribution in [-0.4, -0.2) is 48.0 Å². The Labute approximate surface area is 180 Å². The molecule has 2 aromatic carbocycles. The number of carbonyl (C=O) groups is 1. The number of quaternary nitrogens is 1. The minimum Gasteiger partial charge on any atom is -0.358 e. The highest BCUT2D eigenvalue weighted by Crippen LogP contribution is 2.18. The molecular formula is C23H27FN5O2+. The number of nitrogens with zero attached hydrogens (tertiary/aromatic N) is 3. The van der Waals surface area contributed by atoms with E-state index in [2.05, 4.69) is 5.32 Å². The highest BCUT2D eigenvalue weighted by molar-refractivity contribution is 5.91. The monoisotopic (exact) mass is 424 g/mol. The summed E-state index contributed by atoms with van der Waals surface area (Å²) in [6, 6.07) is 16.1. The first-order chi connectivity index (χ1) is 15.0. The summed E-state index contributed by atoms with van der Waals surface area (Å²) in [6.45, 7) is 4.89. The van der Waals surface area contributed by atoms with Crippen LogP contribution in [0.5, 0.6) is 0 Å². The number of hydrogen-bond donors (Lipinski definition) is 2. The summed E-state index contributed by atoms with van der Waals surface area (Å²) in [5.74, 6) is -0.418. The molecule has 162 valence electrons. The van der Waals surface area contributed by atoms with Crippen molar-refractivity contribution in [3.63, 3.8) is 0 Å². The fraction of sp³-hybridized carbons (Fsp3) is 0.304. The van der Waals surface area contributed by atoms with Gasteiger partial charge in [-0.25, -0.2) is 9.07 Å². The molecule has 0 aliphatic carbocycles.